The maximum atomic E-state index is 12.0. The van der Waals surface area contributed by atoms with Crippen LogP contribution in [0.1, 0.15) is 39.2 Å². The Morgan fingerprint density at radius 2 is 1.89 bits per heavy atom. The molecule has 9 nitrogen and oxygen atoms in total. The van der Waals surface area contributed by atoms with Crippen molar-refractivity contribution < 1.29 is 29.0 Å². The summed E-state index contributed by atoms with van der Waals surface area (Å²) in [5.41, 5.74) is 0.323. The van der Waals surface area contributed by atoms with Crippen molar-refractivity contribution in [1.29, 1.82) is 0 Å². The molecule has 0 radical (unpaired) electrons. The van der Waals surface area contributed by atoms with Crippen LogP contribution in [0.15, 0.2) is 30.3 Å². The molecule has 1 aromatic rings. The summed E-state index contributed by atoms with van der Waals surface area (Å²) in [4.78, 5) is 38.0. The lowest BCUT2D eigenvalue weighted by atomic mass is 10.1. The third kappa shape index (κ3) is 11.4. The fourth-order valence-electron chi connectivity index (χ4n) is 2.15. The first-order valence-corrected chi connectivity index (χ1v) is 8.62. The molecule has 9 heteroatoms. The molecule has 0 aliphatic heterocycles. The number of carbonyl (C=O) groups excluding carboxylic acids is 2. The van der Waals surface area contributed by atoms with Gasteiger partial charge in [-0.25, -0.2) is 4.79 Å². The lowest BCUT2D eigenvalue weighted by Crippen LogP contribution is -2.43. The maximum absolute atomic E-state index is 12.0. The zero-order valence-electron chi connectivity index (χ0n) is 15.8. The average Bonchev–Trinajstić information content (AvgIpc) is 2.55. The van der Waals surface area contributed by atoms with Crippen LogP contribution >= 0.6 is 0 Å². The van der Waals surface area contributed by atoms with Crippen LogP contribution in [0.2, 0.25) is 0 Å². The van der Waals surface area contributed by atoms with Crippen molar-refractivity contribution in [1.82, 2.24) is 5.32 Å². The summed E-state index contributed by atoms with van der Waals surface area (Å²) in [6, 6.07) is 8.97. The Hall–Kier alpha value is -2.84. The molecule has 0 aliphatic carbocycles. The van der Waals surface area contributed by atoms with E-state index < -0.39 is 28.8 Å². The van der Waals surface area contributed by atoms with E-state index in [-0.39, 0.29) is 26.1 Å². The number of amides is 1. The number of nitrogens with one attached hydrogen (secondary N) is 1. The molecule has 1 rings (SSSR count). The Morgan fingerprint density at radius 3 is 2.48 bits per heavy atom. The van der Waals surface area contributed by atoms with E-state index in [1.165, 1.54) is 0 Å². The highest BCUT2D eigenvalue weighted by molar-refractivity contribution is 5.70. The van der Waals surface area contributed by atoms with Gasteiger partial charge in [0.2, 0.25) is 0 Å². The van der Waals surface area contributed by atoms with E-state index in [9.17, 15) is 19.7 Å². The molecular weight excluding hydrogens is 356 g/mol. The molecule has 1 aromatic carbocycles. The third-order valence-corrected chi connectivity index (χ3v) is 3.21. The first-order valence-electron chi connectivity index (χ1n) is 8.62. The number of esters is 1. The molecule has 0 aliphatic rings. The second-order valence-electron chi connectivity index (χ2n) is 6.88. The van der Waals surface area contributed by atoms with Gasteiger partial charge in [0.15, 0.2) is 0 Å². The van der Waals surface area contributed by atoms with Crippen molar-refractivity contribution in [2.24, 2.45) is 0 Å². The summed E-state index contributed by atoms with van der Waals surface area (Å²) < 4.78 is 10.4. The highest BCUT2D eigenvalue weighted by atomic mass is 16.9. The standard InChI is InChI=1S/C18H26N2O7/c1-18(2,3)27-17(22)19-15(12-14-8-5-4-6-9-14)13-25-16(21)10-7-11-26-20(23)24/h4-6,8-9,15H,7,10-13H2,1-3H3,(H,19,22). The molecule has 0 fully saturated rings. The Balaban J connectivity index is 2.53. The first kappa shape index (κ1) is 22.2. The summed E-state index contributed by atoms with van der Waals surface area (Å²) in [7, 11) is 0. The van der Waals surface area contributed by atoms with Crippen LogP contribution in [0.4, 0.5) is 4.79 Å². The normalized spacial score (nSPS) is 12.0. The zero-order chi connectivity index (χ0) is 20.3. The minimum absolute atomic E-state index is 0.0155. The number of benzene rings is 1. The van der Waals surface area contributed by atoms with Gasteiger partial charge >= 0.3 is 12.1 Å². The molecule has 0 saturated carbocycles. The summed E-state index contributed by atoms with van der Waals surface area (Å²) in [5, 5.41) is 11.8. The van der Waals surface area contributed by atoms with Crippen molar-refractivity contribution in [2.45, 2.75) is 51.7 Å². The molecule has 0 aromatic heterocycles. The molecule has 1 N–H and O–H groups in total. The van der Waals surface area contributed by atoms with Gasteiger partial charge < -0.3 is 19.6 Å². The number of alkyl carbamates (subject to hydrolysis) is 1. The van der Waals surface area contributed by atoms with Crippen LogP contribution in [0.25, 0.3) is 0 Å². The summed E-state index contributed by atoms with van der Waals surface area (Å²) >= 11 is 0. The summed E-state index contributed by atoms with van der Waals surface area (Å²) in [5.74, 6) is -0.522. The highest BCUT2D eigenvalue weighted by Crippen LogP contribution is 2.09. The van der Waals surface area contributed by atoms with Gasteiger partial charge in [-0.2, -0.15) is 0 Å². The van der Waals surface area contributed by atoms with E-state index in [2.05, 4.69) is 10.2 Å². The van der Waals surface area contributed by atoms with Gasteiger partial charge in [0.1, 0.15) is 12.2 Å². The SMILES string of the molecule is CC(C)(C)OC(=O)NC(COC(=O)CCCO[N+](=O)[O-])Cc1ccccc1. The van der Waals surface area contributed by atoms with Crippen molar-refractivity contribution in [3.63, 3.8) is 0 Å². The van der Waals surface area contributed by atoms with Crippen molar-refractivity contribution >= 4 is 12.1 Å². The Bertz CT molecular complexity index is 614. The highest BCUT2D eigenvalue weighted by Gasteiger charge is 2.21. The van der Waals surface area contributed by atoms with E-state index >= 15 is 0 Å². The van der Waals surface area contributed by atoms with Crippen LogP contribution in [0, 0.1) is 10.1 Å². The fourth-order valence-corrected chi connectivity index (χ4v) is 2.15. The van der Waals surface area contributed by atoms with Crippen molar-refractivity contribution in [3.05, 3.63) is 46.0 Å². The van der Waals surface area contributed by atoms with Gasteiger partial charge in [-0.05, 0) is 39.2 Å². The van der Waals surface area contributed by atoms with Crippen molar-refractivity contribution in [3.8, 4) is 0 Å². The van der Waals surface area contributed by atoms with Crippen LogP contribution < -0.4 is 5.32 Å². The van der Waals surface area contributed by atoms with Crippen molar-refractivity contribution in [2.75, 3.05) is 13.2 Å². The number of carbonyl (C=O) groups is 2. The van der Waals surface area contributed by atoms with Crippen LogP contribution in [0.5, 0.6) is 0 Å². The fraction of sp³-hybridized carbons (Fsp3) is 0.556. The molecule has 1 unspecified atom stereocenters. The zero-order valence-corrected chi connectivity index (χ0v) is 15.8. The van der Waals surface area contributed by atoms with E-state index in [0.717, 1.165) is 5.56 Å². The van der Waals surface area contributed by atoms with Crippen LogP contribution in [-0.4, -0.2) is 42.0 Å². The smallest absolute Gasteiger partial charge is 0.408 e. The predicted molar refractivity (Wildman–Crippen MR) is 96.4 cm³/mol. The average molecular weight is 382 g/mol. The summed E-state index contributed by atoms with van der Waals surface area (Å²) in [6.45, 7) is 5.05. The van der Waals surface area contributed by atoms with Gasteiger partial charge in [-0.15, -0.1) is 10.1 Å². The number of nitrogens with zero attached hydrogens (tertiary/aromatic N) is 1. The van der Waals surface area contributed by atoms with E-state index in [0.29, 0.717) is 6.42 Å². The Kier molecular flexibility index (Phi) is 9.04. The molecule has 0 heterocycles. The van der Waals surface area contributed by atoms with E-state index in [4.69, 9.17) is 9.47 Å². The quantitative estimate of drug-likeness (QED) is 0.286. The minimum Gasteiger partial charge on any atom is -0.463 e. The molecule has 0 spiro atoms. The number of ether oxygens (including phenoxy) is 2. The van der Waals surface area contributed by atoms with Gasteiger partial charge in [0, 0.05) is 6.42 Å². The van der Waals surface area contributed by atoms with Crippen LogP contribution in [0.3, 0.4) is 0 Å². The molecule has 150 valence electrons. The van der Waals surface area contributed by atoms with E-state index in [1.54, 1.807) is 20.8 Å². The van der Waals surface area contributed by atoms with E-state index in [1.807, 2.05) is 30.3 Å². The second-order valence-corrected chi connectivity index (χ2v) is 6.88. The number of hydrogen-bond donors (Lipinski definition) is 1. The molecule has 0 saturated heterocycles. The predicted octanol–water partition coefficient (Wildman–Crippen LogP) is 2.65. The molecule has 1 amide bonds. The van der Waals surface area contributed by atoms with Gasteiger partial charge in [-0.1, -0.05) is 30.3 Å². The monoisotopic (exact) mass is 382 g/mol. The maximum Gasteiger partial charge on any atom is 0.408 e. The molecule has 1 atom stereocenters. The number of rotatable bonds is 10. The molecular formula is C18H26N2O7. The largest absolute Gasteiger partial charge is 0.463 e. The number of hydrogen-bond acceptors (Lipinski definition) is 7. The first-order chi connectivity index (χ1) is 12.7. The van der Waals surface area contributed by atoms with Crippen LogP contribution in [-0.2, 0) is 25.5 Å². The second kappa shape index (κ2) is 11.0. The van der Waals surface area contributed by atoms with Gasteiger partial charge in [0.05, 0.1) is 12.6 Å². The Labute approximate surface area is 158 Å². The van der Waals surface area contributed by atoms with Gasteiger partial charge in [0.25, 0.3) is 5.09 Å². The topological polar surface area (TPSA) is 117 Å². The lowest BCUT2D eigenvalue weighted by molar-refractivity contribution is -0.757. The minimum atomic E-state index is -0.911. The Morgan fingerprint density at radius 1 is 1.22 bits per heavy atom. The summed E-state index contributed by atoms with van der Waals surface area (Å²) in [6.07, 6.45) is 0.0116. The molecule has 0 bridgehead atoms. The molecule has 27 heavy (non-hydrogen) atoms. The lowest BCUT2D eigenvalue weighted by Gasteiger charge is -2.23. The third-order valence-electron chi connectivity index (χ3n) is 3.21. The van der Waals surface area contributed by atoms with Gasteiger partial charge in [-0.3, -0.25) is 4.79 Å².